The molecule has 2 aromatic rings. The van der Waals surface area contributed by atoms with E-state index in [1.807, 2.05) is 11.0 Å². The lowest BCUT2D eigenvalue weighted by molar-refractivity contribution is -0.137. The molecule has 0 bridgehead atoms. The molecule has 0 atom stereocenters. The van der Waals surface area contributed by atoms with Crippen LogP contribution in [-0.2, 0) is 17.8 Å². The fourth-order valence-electron chi connectivity index (χ4n) is 3.92. The standard InChI is InChI=1S/C20H21N5O/c21-13-18-19(23-9-8-22-18)24-10-6-16(7-11-24)20(26)25-12-5-15-3-1-2-4-17(15)14-25/h1-4,8-9,16H,5-7,10-12,14H2. The second-order valence-electron chi connectivity index (χ2n) is 6.88. The highest BCUT2D eigenvalue weighted by atomic mass is 16.2. The largest absolute Gasteiger partial charge is 0.354 e. The minimum Gasteiger partial charge on any atom is -0.354 e. The van der Waals surface area contributed by atoms with E-state index in [1.165, 1.54) is 17.3 Å². The number of anilines is 1. The highest BCUT2D eigenvalue weighted by Crippen LogP contribution is 2.27. The van der Waals surface area contributed by atoms with Crippen LogP contribution in [0.3, 0.4) is 0 Å². The van der Waals surface area contributed by atoms with Gasteiger partial charge in [-0.3, -0.25) is 4.79 Å². The number of rotatable bonds is 2. The van der Waals surface area contributed by atoms with Gasteiger partial charge in [0.2, 0.25) is 5.91 Å². The Balaban J connectivity index is 1.39. The van der Waals surface area contributed by atoms with Gasteiger partial charge >= 0.3 is 0 Å². The Kier molecular flexibility index (Phi) is 4.53. The van der Waals surface area contributed by atoms with Crippen LogP contribution in [0.25, 0.3) is 0 Å². The predicted molar refractivity (Wildman–Crippen MR) is 97.2 cm³/mol. The number of nitriles is 1. The molecule has 1 aromatic heterocycles. The van der Waals surface area contributed by atoms with Crippen molar-refractivity contribution in [3.05, 3.63) is 53.5 Å². The number of aromatic nitrogens is 2. The number of carbonyl (C=O) groups excluding carboxylic acids is 1. The van der Waals surface area contributed by atoms with E-state index in [4.69, 9.17) is 0 Å². The maximum Gasteiger partial charge on any atom is 0.226 e. The van der Waals surface area contributed by atoms with Crippen LogP contribution in [0.2, 0.25) is 0 Å². The first kappa shape index (κ1) is 16.5. The number of piperidine rings is 1. The van der Waals surface area contributed by atoms with Crippen LogP contribution in [0, 0.1) is 17.2 Å². The monoisotopic (exact) mass is 347 g/mol. The maximum absolute atomic E-state index is 13.0. The molecular weight excluding hydrogens is 326 g/mol. The molecule has 1 fully saturated rings. The number of hydrogen-bond donors (Lipinski definition) is 0. The van der Waals surface area contributed by atoms with E-state index in [-0.39, 0.29) is 11.8 Å². The van der Waals surface area contributed by atoms with Crippen LogP contribution in [0.5, 0.6) is 0 Å². The second kappa shape index (κ2) is 7.12. The molecule has 0 radical (unpaired) electrons. The zero-order valence-corrected chi connectivity index (χ0v) is 14.6. The zero-order chi connectivity index (χ0) is 17.9. The zero-order valence-electron chi connectivity index (χ0n) is 14.6. The average molecular weight is 347 g/mol. The molecule has 0 N–H and O–H groups in total. The molecule has 0 unspecified atom stereocenters. The van der Waals surface area contributed by atoms with Crippen molar-refractivity contribution in [1.82, 2.24) is 14.9 Å². The molecule has 1 saturated heterocycles. The summed E-state index contributed by atoms with van der Waals surface area (Å²) in [6, 6.07) is 10.5. The highest BCUT2D eigenvalue weighted by Gasteiger charge is 2.31. The summed E-state index contributed by atoms with van der Waals surface area (Å²) in [5.41, 5.74) is 2.98. The number of nitrogens with zero attached hydrogens (tertiary/aromatic N) is 5. The molecule has 0 saturated carbocycles. The Morgan fingerprint density at radius 1 is 1.08 bits per heavy atom. The first-order valence-corrected chi connectivity index (χ1v) is 9.08. The van der Waals surface area contributed by atoms with Gasteiger partial charge in [0.1, 0.15) is 6.07 Å². The topological polar surface area (TPSA) is 73.1 Å². The second-order valence-corrected chi connectivity index (χ2v) is 6.88. The van der Waals surface area contributed by atoms with Crippen molar-refractivity contribution in [2.45, 2.75) is 25.8 Å². The van der Waals surface area contributed by atoms with E-state index < -0.39 is 0 Å². The number of benzene rings is 1. The maximum atomic E-state index is 13.0. The SMILES string of the molecule is N#Cc1nccnc1N1CCC(C(=O)N2CCc3ccccc3C2)CC1. The molecular formula is C20H21N5O. The van der Waals surface area contributed by atoms with Crippen LogP contribution in [0.1, 0.15) is 29.7 Å². The van der Waals surface area contributed by atoms with Crippen molar-refractivity contribution in [3.63, 3.8) is 0 Å². The van der Waals surface area contributed by atoms with Crippen molar-refractivity contribution >= 4 is 11.7 Å². The average Bonchev–Trinajstić information content (AvgIpc) is 2.73. The lowest BCUT2D eigenvalue weighted by Crippen LogP contribution is -2.44. The third kappa shape index (κ3) is 3.13. The Hall–Kier alpha value is -2.94. The molecule has 4 rings (SSSR count). The minimum absolute atomic E-state index is 0.0544. The molecule has 2 aliphatic rings. The van der Waals surface area contributed by atoms with Gasteiger partial charge in [0.25, 0.3) is 0 Å². The Morgan fingerprint density at radius 2 is 1.81 bits per heavy atom. The molecule has 0 aliphatic carbocycles. The van der Waals surface area contributed by atoms with E-state index in [1.54, 1.807) is 6.20 Å². The third-order valence-electron chi connectivity index (χ3n) is 5.37. The van der Waals surface area contributed by atoms with Gasteiger partial charge in [-0.2, -0.15) is 5.26 Å². The van der Waals surface area contributed by atoms with Gasteiger partial charge in [0.05, 0.1) is 0 Å². The lowest BCUT2D eigenvalue weighted by atomic mass is 9.93. The summed E-state index contributed by atoms with van der Waals surface area (Å²) in [5.74, 6) is 0.949. The Morgan fingerprint density at radius 3 is 2.58 bits per heavy atom. The summed E-state index contributed by atoms with van der Waals surface area (Å²) in [6.45, 7) is 2.99. The third-order valence-corrected chi connectivity index (χ3v) is 5.37. The minimum atomic E-state index is 0.0544. The molecule has 6 nitrogen and oxygen atoms in total. The van der Waals surface area contributed by atoms with E-state index in [0.717, 1.165) is 45.4 Å². The normalized spacial score (nSPS) is 17.5. The van der Waals surface area contributed by atoms with Gasteiger partial charge in [-0.05, 0) is 30.4 Å². The molecule has 26 heavy (non-hydrogen) atoms. The van der Waals surface area contributed by atoms with Gasteiger partial charge in [0, 0.05) is 44.5 Å². The first-order chi connectivity index (χ1) is 12.8. The van der Waals surface area contributed by atoms with E-state index in [9.17, 15) is 10.1 Å². The quantitative estimate of drug-likeness (QED) is 0.832. The summed E-state index contributed by atoms with van der Waals surface area (Å²) in [7, 11) is 0. The van der Waals surface area contributed by atoms with Crippen molar-refractivity contribution in [1.29, 1.82) is 5.26 Å². The van der Waals surface area contributed by atoms with E-state index in [2.05, 4.69) is 39.1 Å². The summed E-state index contributed by atoms with van der Waals surface area (Å²) in [5, 5.41) is 9.20. The molecule has 2 aliphatic heterocycles. The fourth-order valence-corrected chi connectivity index (χ4v) is 3.92. The molecule has 1 amide bonds. The number of hydrogen-bond acceptors (Lipinski definition) is 5. The smallest absolute Gasteiger partial charge is 0.226 e. The van der Waals surface area contributed by atoms with E-state index in [0.29, 0.717) is 11.5 Å². The van der Waals surface area contributed by atoms with Crippen LogP contribution >= 0.6 is 0 Å². The van der Waals surface area contributed by atoms with Gasteiger partial charge in [-0.1, -0.05) is 24.3 Å². The Bertz CT molecular complexity index is 851. The molecule has 0 spiro atoms. The predicted octanol–water partition coefficient (Wildman–Crippen LogP) is 2.15. The van der Waals surface area contributed by atoms with E-state index >= 15 is 0 Å². The summed E-state index contributed by atoms with van der Waals surface area (Å²) in [6.07, 6.45) is 5.66. The highest BCUT2D eigenvalue weighted by molar-refractivity contribution is 5.79. The van der Waals surface area contributed by atoms with Gasteiger partial charge < -0.3 is 9.80 Å². The molecule has 6 heteroatoms. The van der Waals surface area contributed by atoms with Crippen LogP contribution in [0.4, 0.5) is 5.82 Å². The number of carbonyl (C=O) groups is 1. The van der Waals surface area contributed by atoms with Gasteiger partial charge in [-0.15, -0.1) is 0 Å². The van der Waals surface area contributed by atoms with Crippen LogP contribution < -0.4 is 4.90 Å². The summed E-state index contributed by atoms with van der Waals surface area (Å²) >= 11 is 0. The van der Waals surface area contributed by atoms with Crippen molar-refractivity contribution in [3.8, 4) is 6.07 Å². The number of amides is 1. The molecule has 1 aromatic carbocycles. The molecule has 132 valence electrons. The van der Waals surface area contributed by atoms with Crippen molar-refractivity contribution < 1.29 is 4.79 Å². The Labute approximate surface area is 153 Å². The molecule has 3 heterocycles. The number of fused-ring (bicyclic) bond motifs is 1. The fraction of sp³-hybridized carbons (Fsp3) is 0.400. The van der Waals surface area contributed by atoms with Crippen molar-refractivity contribution in [2.24, 2.45) is 5.92 Å². The van der Waals surface area contributed by atoms with Gasteiger partial charge in [0.15, 0.2) is 11.5 Å². The van der Waals surface area contributed by atoms with Gasteiger partial charge in [-0.25, -0.2) is 9.97 Å². The first-order valence-electron chi connectivity index (χ1n) is 9.08. The van der Waals surface area contributed by atoms with Crippen LogP contribution in [-0.4, -0.2) is 40.4 Å². The van der Waals surface area contributed by atoms with Crippen LogP contribution in [0.15, 0.2) is 36.7 Å². The summed E-state index contributed by atoms with van der Waals surface area (Å²) in [4.78, 5) is 25.4. The summed E-state index contributed by atoms with van der Waals surface area (Å²) < 4.78 is 0. The van der Waals surface area contributed by atoms with Crippen molar-refractivity contribution in [2.75, 3.05) is 24.5 Å². The lowest BCUT2D eigenvalue weighted by Gasteiger charge is -2.36.